The molecule has 1 amide bonds. The molecule has 128 valence electrons. The van der Waals surface area contributed by atoms with Crippen LogP contribution >= 0.6 is 0 Å². The van der Waals surface area contributed by atoms with Crippen LogP contribution < -0.4 is 5.32 Å². The maximum absolute atomic E-state index is 13.5. The highest BCUT2D eigenvalue weighted by Gasteiger charge is 2.40. The van der Waals surface area contributed by atoms with E-state index in [1.54, 1.807) is 18.2 Å². The number of ether oxygens (including phenoxy) is 1. The molecule has 1 N–H and O–H groups in total. The highest BCUT2D eigenvalue weighted by Crippen LogP contribution is 2.36. The third-order valence-electron chi connectivity index (χ3n) is 3.94. The first-order valence-electron chi connectivity index (χ1n) is 7.51. The first-order chi connectivity index (χ1) is 11.4. The van der Waals surface area contributed by atoms with Crippen LogP contribution in [0.25, 0.3) is 5.69 Å². The molecule has 1 aliphatic rings. The highest BCUT2D eigenvalue weighted by atomic mass is 19.4. The quantitative estimate of drug-likeness (QED) is 0.934. The van der Waals surface area contributed by atoms with Crippen molar-refractivity contribution >= 4 is 11.6 Å². The van der Waals surface area contributed by atoms with Gasteiger partial charge in [-0.1, -0.05) is 25.1 Å². The van der Waals surface area contributed by atoms with Gasteiger partial charge in [0.25, 0.3) is 5.91 Å². The van der Waals surface area contributed by atoms with E-state index in [0.29, 0.717) is 13.0 Å². The summed E-state index contributed by atoms with van der Waals surface area (Å²) in [5, 5.41) is 6.10. The van der Waals surface area contributed by atoms with Crippen molar-refractivity contribution in [2.45, 2.75) is 25.6 Å². The molecule has 24 heavy (non-hydrogen) atoms. The molecule has 1 saturated heterocycles. The fourth-order valence-corrected chi connectivity index (χ4v) is 2.71. The number of nitrogens with one attached hydrogen (secondary N) is 1. The number of nitrogens with zero attached hydrogens (tertiary/aromatic N) is 2. The topological polar surface area (TPSA) is 56.1 Å². The van der Waals surface area contributed by atoms with Crippen molar-refractivity contribution in [2.24, 2.45) is 5.92 Å². The van der Waals surface area contributed by atoms with E-state index in [0.717, 1.165) is 10.9 Å². The third kappa shape index (κ3) is 3.14. The average molecular weight is 339 g/mol. The Hall–Kier alpha value is -2.35. The minimum absolute atomic E-state index is 0.0384. The van der Waals surface area contributed by atoms with Crippen LogP contribution in [0.1, 0.15) is 19.0 Å². The van der Waals surface area contributed by atoms with E-state index in [-0.39, 0.29) is 17.3 Å². The lowest BCUT2D eigenvalue weighted by Crippen LogP contribution is -2.32. The molecule has 1 aromatic carbocycles. The van der Waals surface area contributed by atoms with Crippen molar-refractivity contribution in [1.29, 1.82) is 0 Å². The first-order valence-corrected chi connectivity index (χ1v) is 7.51. The third-order valence-corrected chi connectivity index (χ3v) is 3.94. The van der Waals surface area contributed by atoms with Gasteiger partial charge in [0.15, 0.2) is 5.69 Å². The van der Waals surface area contributed by atoms with E-state index in [1.165, 1.54) is 12.1 Å². The SMILES string of the molecule is CC1CCOC1C(=O)Nc1cnn(-c2ccccc2)c1C(F)(F)F. The fraction of sp³-hybridized carbons (Fsp3) is 0.375. The summed E-state index contributed by atoms with van der Waals surface area (Å²) in [6.07, 6.45) is -3.70. The number of amides is 1. The zero-order valence-electron chi connectivity index (χ0n) is 12.9. The zero-order valence-corrected chi connectivity index (χ0v) is 12.9. The Morgan fingerprint density at radius 3 is 2.62 bits per heavy atom. The molecule has 3 rings (SSSR count). The van der Waals surface area contributed by atoms with Gasteiger partial charge in [-0.2, -0.15) is 18.3 Å². The van der Waals surface area contributed by atoms with Gasteiger partial charge >= 0.3 is 6.18 Å². The van der Waals surface area contributed by atoms with Crippen LogP contribution in [0.15, 0.2) is 36.5 Å². The van der Waals surface area contributed by atoms with Gasteiger partial charge in [-0.25, -0.2) is 4.68 Å². The van der Waals surface area contributed by atoms with Crippen LogP contribution in [0.5, 0.6) is 0 Å². The van der Waals surface area contributed by atoms with Crippen molar-refractivity contribution in [2.75, 3.05) is 11.9 Å². The van der Waals surface area contributed by atoms with E-state index >= 15 is 0 Å². The van der Waals surface area contributed by atoms with Gasteiger partial charge < -0.3 is 10.1 Å². The summed E-state index contributed by atoms with van der Waals surface area (Å²) in [6, 6.07) is 7.95. The molecule has 5 nitrogen and oxygen atoms in total. The molecular weight excluding hydrogens is 323 g/mol. The molecule has 0 aliphatic carbocycles. The van der Waals surface area contributed by atoms with E-state index in [2.05, 4.69) is 10.4 Å². The molecule has 0 bridgehead atoms. The Morgan fingerprint density at radius 2 is 2.04 bits per heavy atom. The second-order valence-electron chi connectivity index (χ2n) is 5.70. The van der Waals surface area contributed by atoms with Gasteiger partial charge in [-0.05, 0) is 24.5 Å². The predicted molar refractivity (Wildman–Crippen MR) is 80.7 cm³/mol. The molecule has 2 aromatic rings. The molecule has 8 heteroatoms. The summed E-state index contributed by atoms with van der Waals surface area (Å²) in [7, 11) is 0. The maximum atomic E-state index is 13.5. The van der Waals surface area contributed by atoms with Crippen molar-refractivity contribution in [3.63, 3.8) is 0 Å². The number of anilines is 1. The summed E-state index contributed by atoms with van der Waals surface area (Å²) in [4.78, 5) is 12.2. The second-order valence-corrected chi connectivity index (χ2v) is 5.70. The van der Waals surface area contributed by atoms with Gasteiger partial charge in [0, 0.05) is 6.61 Å². The lowest BCUT2D eigenvalue weighted by Gasteiger charge is -2.16. The average Bonchev–Trinajstić information content (AvgIpc) is 3.14. The molecule has 1 aromatic heterocycles. The standard InChI is InChI=1S/C16H16F3N3O2/c1-10-7-8-24-13(10)15(23)21-12-9-20-22(14(12)16(17,18)19)11-5-3-2-4-6-11/h2-6,9-10,13H,7-8H2,1H3,(H,21,23). The van der Waals surface area contributed by atoms with Crippen molar-refractivity contribution in [3.8, 4) is 5.69 Å². The number of alkyl halides is 3. The van der Waals surface area contributed by atoms with Crippen molar-refractivity contribution in [1.82, 2.24) is 9.78 Å². The second kappa shape index (κ2) is 6.27. The molecule has 2 heterocycles. The van der Waals surface area contributed by atoms with Crippen LogP contribution in [0.4, 0.5) is 18.9 Å². The van der Waals surface area contributed by atoms with E-state index in [4.69, 9.17) is 4.74 Å². The van der Waals surface area contributed by atoms with Gasteiger partial charge in [-0.3, -0.25) is 4.79 Å². The summed E-state index contributed by atoms with van der Waals surface area (Å²) < 4.78 is 46.5. The van der Waals surface area contributed by atoms with Gasteiger partial charge in [0.2, 0.25) is 0 Å². The Bertz CT molecular complexity index is 728. The van der Waals surface area contributed by atoms with Gasteiger partial charge in [-0.15, -0.1) is 0 Å². The Morgan fingerprint density at radius 1 is 1.33 bits per heavy atom. The number of carbonyl (C=O) groups excluding carboxylic acids is 1. The minimum atomic E-state index is -4.67. The number of aromatic nitrogens is 2. The van der Waals surface area contributed by atoms with Gasteiger partial charge in [0.1, 0.15) is 6.10 Å². The van der Waals surface area contributed by atoms with Gasteiger partial charge in [0.05, 0.1) is 17.6 Å². The normalized spacial score (nSPS) is 21.0. The molecular formula is C16H16F3N3O2. The van der Waals surface area contributed by atoms with Crippen LogP contribution in [-0.2, 0) is 15.7 Å². The minimum Gasteiger partial charge on any atom is -0.368 e. The predicted octanol–water partition coefficient (Wildman–Crippen LogP) is 3.25. The Labute approximate surface area is 136 Å². The molecule has 1 aliphatic heterocycles. The Balaban J connectivity index is 1.94. The monoisotopic (exact) mass is 339 g/mol. The Kier molecular flexibility index (Phi) is 4.31. The molecule has 0 saturated carbocycles. The number of halogens is 3. The number of carbonyl (C=O) groups is 1. The summed E-state index contributed by atoms with van der Waals surface area (Å²) in [5.74, 6) is -0.624. The molecule has 1 fully saturated rings. The van der Waals surface area contributed by atoms with Crippen LogP contribution in [-0.4, -0.2) is 28.4 Å². The lowest BCUT2D eigenvalue weighted by molar-refractivity contribution is -0.142. The van der Waals surface area contributed by atoms with E-state index in [9.17, 15) is 18.0 Å². The number of hydrogen-bond donors (Lipinski definition) is 1. The summed E-state index contributed by atoms with van der Waals surface area (Å²) in [5.41, 5.74) is -1.14. The first kappa shape index (κ1) is 16.5. The van der Waals surface area contributed by atoms with Crippen LogP contribution in [0, 0.1) is 5.92 Å². The van der Waals surface area contributed by atoms with Crippen LogP contribution in [0.2, 0.25) is 0 Å². The molecule has 2 unspecified atom stereocenters. The largest absolute Gasteiger partial charge is 0.435 e. The van der Waals surface area contributed by atoms with E-state index in [1.807, 2.05) is 6.92 Å². The number of para-hydroxylation sites is 1. The molecule has 0 radical (unpaired) electrons. The molecule has 2 atom stereocenters. The number of rotatable bonds is 3. The maximum Gasteiger partial charge on any atom is 0.435 e. The molecule has 0 spiro atoms. The summed E-state index contributed by atoms with van der Waals surface area (Å²) in [6.45, 7) is 2.25. The summed E-state index contributed by atoms with van der Waals surface area (Å²) >= 11 is 0. The van der Waals surface area contributed by atoms with E-state index < -0.39 is 23.9 Å². The fourth-order valence-electron chi connectivity index (χ4n) is 2.71. The number of benzene rings is 1. The highest BCUT2D eigenvalue weighted by molar-refractivity contribution is 5.95. The number of hydrogen-bond acceptors (Lipinski definition) is 3. The lowest BCUT2D eigenvalue weighted by atomic mass is 10.0. The smallest absolute Gasteiger partial charge is 0.368 e. The zero-order chi connectivity index (χ0) is 17.3. The van der Waals surface area contributed by atoms with Crippen molar-refractivity contribution in [3.05, 3.63) is 42.2 Å². The van der Waals surface area contributed by atoms with Crippen LogP contribution in [0.3, 0.4) is 0 Å². The van der Waals surface area contributed by atoms with Crippen molar-refractivity contribution < 1.29 is 22.7 Å².